The van der Waals surface area contributed by atoms with Crippen LogP contribution in [0.2, 0.25) is 0 Å². The lowest BCUT2D eigenvalue weighted by molar-refractivity contribution is -0.132. The summed E-state index contributed by atoms with van der Waals surface area (Å²) in [6.45, 7) is 4.96. The fourth-order valence-corrected chi connectivity index (χ4v) is 3.69. The molecule has 1 saturated heterocycles. The van der Waals surface area contributed by atoms with E-state index in [0.29, 0.717) is 45.6 Å². The second-order valence-corrected chi connectivity index (χ2v) is 7.32. The standard InChI is InChI=1S/C20H24N2O3S/c1-16-6-2-3-7-17(16)25-14-4-9-19(23)21-10-12-22(13-11-21)20(24)18-8-5-15-26-18/h2-3,5-8,15H,4,9-14H2,1H3. The quantitative estimate of drug-likeness (QED) is 0.732. The van der Waals surface area contributed by atoms with Crippen LogP contribution in [0.15, 0.2) is 41.8 Å². The van der Waals surface area contributed by atoms with Gasteiger partial charge in [-0.05, 0) is 36.4 Å². The molecule has 1 aromatic heterocycles. The Morgan fingerprint density at radius 1 is 1.04 bits per heavy atom. The number of aryl methyl sites for hydroxylation is 1. The Balaban J connectivity index is 1.37. The van der Waals surface area contributed by atoms with Crippen LogP contribution in [-0.4, -0.2) is 54.4 Å². The minimum absolute atomic E-state index is 0.0683. The van der Waals surface area contributed by atoms with Crippen molar-refractivity contribution in [1.82, 2.24) is 9.80 Å². The van der Waals surface area contributed by atoms with Gasteiger partial charge in [0.1, 0.15) is 5.75 Å². The molecule has 5 nitrogen and oxygen atoms in total. The summed E-state index contributed by atoms with van der Waals surface area (Å²) < 4.78 is 5.74. The molecule has 0 N–H and O–H groups in total. The number of nitrogens with zero attached hydrogens (tertiary/aromatic N) is 2. The number of carbonyl (C=O) groups is 2. The minimum atomic E-state index is 0.0683. The fourth-order valence-electron chi connectivity index (χ4n) is 3.00. The highest BCUT2D eigenvalue weighted by Crippen LogP contribution is 2.17. The first-order chi connectivity index (χ1) is 12.6. The number of carbonyl (C=O) groups excluding carboxylic acids is 2. The lowest BCUT2D eigenvalue weighted by atomic mass is 10.2. The maximum atomic E-state index is 12.4. The van der Waals surface area contributed by atoms with Gasteiger partial charge >= 0.3 is 0 Å². The molecule has 1 fully saturated rings. The number of piperazine rings is 1. The second kappa shape index (κ2) is 8.85. The van der Waals surface area contributed by atoms with E-state index in [4.69, 9.17) is 4.74 Å². The number of thiophene rings is 1. The van der Waals surface area contributed by atoms with E-state index in [1.54, 1.807) is 0 Å². The first-order valence-corrected chi connectivity index (χ1v) is 9.82. The van der Waals surface area contributed by atoms with E-state index >= 15 is 0 Å². The number of benzene rings is 1. The molecule has 6 heteroatoms. The summed E-state index contributed by atoms with van der Waals surface area (Å²) >= 11 is 1.46. The van der Waals surface area contributed by atoms with Gasteiger partial charge in [0, 0.05) is 32.6 Å². The van der Waals surface area contributed by atoms with Gasteiger partial charge in [-0.25, -0.2) is 0 Å². The first kappa shape index (κ1) is 18.5. The summed E-state index contributed by atoms with van der Waals surface area (Å²) in [6.07, 6.45) is 1.17. The van der Waals surface area contributed by atoms with Crippen molar-refractivity contribution in [2.45, 2.75) is 19.8 Å². The topological polar surface area (TPSA) is 49.9 Å². The highest BCUT2D eigenvalue weighted by atomic mass is 32.1. The minimum Gasteiger partial charge on any atom is -0.493 e. The van der Waals surface area contributed by atoms with Gasteiger partial charge in [-0.15, -0.1) is 11.3 Å². The van der Waals surface area contributed by atoms with Gasteiger partial charge in [0.15, 0.2) is 0 Å². The normalized spacial score (nSPS) is 14.3. The Morgan fingerprint density at radius 3 is 2.46 bits per heavy atom. The van der Waals surface area contributed by atoms with Crippen LogP contribution in [0.25, 0.3) is 0 Å². The van der Waals surface area contributed by atoms with Crippen LogP contribution >= 0.6 is 11.3 Å². The van der Waals surface area contributed by atoms with Crippen LogP contribution in [0, 0.1) is 6.92 Å². The maximum absolute atomic E-state index is 12.4. The van der Waals surface area contributed by atoms with Crippen LogP contribution in [-0.2, 0) is 4.79 Å². The lowest BCUT2D eigenvalue weighted by Gasteiger charge is -2.34. The van der Waals surface area contributed by atoms with E-state index in [2.05, 4.69) is 0 Å². The predicted molar refractivity (Wildman–Crippen MR) is 103 cm³/mol. The summed E-state index contributed by atoms with van der Waals surface area (Å²) in [6, 6.07) is 11.6. The summed E-state index contributed by atoms with van der Waals surface area (Å²) in [7, 11) is 0. The molecule has 0 radical (unpaired) electrons. The number of rotatable bonds is 6. The number of para-hydroxylation sites is 1. The van der Waals surface area contributed by atoms with Gasteiger partial charge in [-0.1, -0.05) is 24.3 Å². The smallest absolute Gasteiger partial charge is 0.264 e. The third-order valence-electron chi connectivity index (χ3n) is 4.54. The Bertz CT molecular complexity index is 737. The van der Waals surface area contributed by atoms with Crippen LogP contribution in [0.4, 0.5) is 0 Å². The van der Waals surface area contributed by atoms with Gasteiger partial charge in [0.05, 0.1) is 11.5 Å². The zero-order chi connectivity index (χ0) is 18.4. The zero-order valence-electron chi connectivity index (χ0n) is 15.0. The van der Waals surface area contributed by atoms with Gasteiger partial charge in [0.25, 0.3) is 5.91 Å². The average molecular weight is 372 g/mol. The molecule has 0 bridgehead atoms. The monoisotopic (exact) mass is 372 g/mol. The largest absolute Gasteiger partial charge is 0.493 e. The Labute approximate surface area is 158 Å². The third-order valence-corrected chi connectivity index (χ3v) is 5.40. The molecular formula is C20H24N2O3S. The SMILES string of the molecule is Cc1ccccc1OCCCC(=O)N1CCN(C(=O)c2cccs2)CC1. The molecule has 1 aliphatic heterocycles. The van der Waals surface area contributed by atoms with Crippen molar-refractivity contribution in [3.63, 3.8) is 0 Å². The molecule has 1 aliphatic rings. The van der Waals surface area contributed by atoms with Crippen LogP contribution < -0.4 is 4.74 Å². The van der Waals surface area contributed by atoms with Gasteiger partial charge in [-0.2, -0.15) is 0 Å². The fraction of sp³-hybridized carbons (Fsp3) is 0.400. The zero-order valence-corrected chi connectivity index (χ0v) is 15.8. The molecule has 138 valence electrons. The molecular weight excluding hydrogens is 348 g/mol. The number of amides is 2. The molecule has 2 aromatic rings. The molecule has 0 atom stereocenters. The van der Waals surface area contributed by atoms with Crippen molar-refractivity contribution in [1.29, 1.82) is 0 Å². The Kier molecular flexibility index (Phi) is 6.28. The maximum Gasteiger partial charge on any atom is 0.264 e. The van der Waals surface area contributed by atoms with Crippen LogP contribution in [0.5, 0.6) is 5.75 Å². The summed E-state index contributed by atoms with van der Waals surface area (Å²) in [4.78, 5) is 29.1. The van der Waals surface area contributed by atoms with E-state index in [-0.39, 0.29) is 11.8 Å². The predicted octanol–water partition coefficient (Wildman–Crippen LogP) is 3.20. The van der Waals surface area contributed by atoms with Crippen molar-refractivity contribution in [3.05, 3.63) is 52.2 Å². The molecule has 0 saturated carbocycles. The van der Waals surface area contributed by atoms with Crippen LogP contribution in [0.1, 0.15) is 28.1 Å². The Morgan fingerprint density at radius 2 is 1.77 bits per heavy atom. The second-order valence-electron chi connectivity index (χ2n) is 6.37. The molecule has 3 rings (SSSR count). The van der Waals surface area contributed by atoms with E-state index in [1.807, 2.05) is 58.5 Å². The number of ether oxygens (including phenoxy) is 1. The average Bonchev–Trinajstić information content (AvgIpc) is 3.20. The first-order valence-electron chi connectivity index (χ1n) is 8.94. The number of hydrogen-bond donors (Lipinski definition) is 0. The van der Waals surface area contributed by atoms with E-state index in [1.165, 1.54) is 11.3 Å². The van der Waals surface area contributed by atoms with Crippen molar-refractivity contribution >= 4 is 23.2 Å². The molecule has 1 aromatic carbocycles. The third kappa shape index (κ3) is 4.64. The lowest BCUT2D eigenvalue weighted by Crippen LogP contribution is -2.50. The molecule has 0 spiro atoms. The van der Waals surface area contributed by atoms with E-state index < -0.39 is 0 Å². The van der Waals surface area contributed by atoms with Crippen molar-refractivity contribution < 1.29 is 14.3 Å². The van der Waals surface area contributed by atoms with Crippen molar-refractivity contribution in [2.24, 2.45) is 0 Å². The molecule has 2 heterocycles. The van der Waals surface area contributed by atoms with Crippen molar-refractivity contribution in [2.75, 3.05) is 32.8 Å². The van der Waals surface area contributed by atoms with Crippen molar-refractivity contribution in [3.8, 4) is 5.75 Å². The number of hydrogen-bond acceptors (Lipinski definition) is 4. The van der Waals surface area contributed by atoms with Gasteiger partial charge in [0.2, 0.25) is 5.91 Å². The summed E-state index contributed by atoms with van der Waals surface area (Å²) in [5, 5.41) is 1.91. The van der Waals surface area contributed by atoms with Gasteiger partial charge < -0.3 is 14.5 Å². The van der Waals surface area contributed by atoms with Gasteiger partial charge in [-0.3, -0.25) is 9.59 Å². The van der Waals surface area contributed by atoms with E-state index in [9.17, 15) is 9.59 Å². The molecule has 26 heavy (non-hydrogen) atoms. The van der Waals surface area contributed by atoms with E-state index in [0.717, 1.165) is 16.2 Å². The molecule has 0 aliphatic carbocycles. The molecule has 0 unspecified atom stereocenters. The summed E-state index contributed by atoms with van der Waals surface area (Å²) in [5.74, 6) is 1.08. The summed E-state index contributed by atoms with van der Waals surface area (Å²) in [5.41, 5.74) is 1.10. The highest BCUT2D eigenvalue weighted by Gasteiger charge is 2.24. The van der Waals surface area contributed by atoms with Crippen LogP contribution in [0.3, 0.4) is 0 Å². The highest BCUT2D eigenvalue weighted by molar-refractivity contribution is 7.12. The Hall–Kier alpha value is -2.34. The molecule has 2 amide bonds.